The van der Waals surface area contributed by atoms with E-state index in [-0.39, 0.29) is 17.5 Å². The number of nitrogens with one attached hydrogen (secondary N) is 2. The normalized spacial score (nSPS) is 17.7. The van der Waals surface area contributed by atoms with E-state index in [1.807, 2.05) is 24.3 Å². The Kier molecular flexibility index (Phi) is 5.54. The van der Waals surface area contributed by atoms with Gasteiger partial charge in [0.25, 0.3) is 0 Å². The van der Waals surface area contributed by atoms with Crippen molar-refractivity contribution in [3.63, 3.8) is 0 Å². The molecule has 0 aliphatic carbocycles. The number of quaternary nitrogens is 1. The summed E-state index contributed by atoms with van der Waals surface area (Å²) in [6.07, 6.45) is 2.55. The zero-order valence-corrected chi connectivity index (χ0v) is 17.0. The molecule has 2 N–H and O–H groups in total. The van der Waals surface area contributed by atoms with Crippen molar-refractivity contribution in [1.82, 2.24) is 4.72 Å². The zero-order valence-electron chi connectivity index (χ0n) is 16.2. The maximum absolute atomic E-state index is 13.4. The predicted molar refractivity (Wildman–Crippen MR) is 107 cm³/mol. The molecule has 5 nitrogen and oxygen atoms in total. The minimum Gasteiger partial charge on any atom is -0.463 e. The van der Waals surface area contributed by atoms with Crippen LogP contribution in [0, 0.1) is 12.7 Å². The molecule has 2 atom stereocenters. The van der Waals surface area contributed by atoms with Crippen LogP contribution in [0.15, 0.2) is 70.2 Å². The van der Waals surface area contributed by atoms with Gasteiger partial charge in [-0.05, 0) is 48.4 Å². The van der Waals surface area contributed by atoms with E-state index in [0.29, 0.717) is 5.56 Å². The van der Waals surface area contributed by atoms with Crippen LogP contribution in [0.3, 0.4) is 0 Å². The Balaban J connectivity index is 1.56. The summed E-state index contributed by atoms with van der Waals surface area (Å²) in [7, 11) is -3.76. The van der Waals surface area contributed by atoms with Gasteiger partial charge in [0, 0.05) is 12.0 Å². The molecular weight excluding hydrogens is 391 g/mol. The maximum Gasteiger partial charge on any atom is 0.241 e. The highest BCUT2D eigenvalue weighted by molar-refractivity contribution is 7.89. The van der Waals surface area contributed by atoms with Crippen molar-refractivity contribution in [2.24, 2.45) is 0 Å². The molecule has 4 rings (SSSR count). The lowest BCUT2D eigenvalue weighted by atomic mass is 9.98. The molecule has 152 valence electrons. The Labute approximate surface area is 170 Å². The van der Waals surface area contributed by atoms with Crippen LogP contribution in [0.2, 0.25) is 0 Å². The first-order valence-electron chi connectivity index (χ1n) is 9.64. The lowest BCUT2D eigenvalue weighted by Gasteiger charge is -2.31. The van der Waals surface area contributed by atoms with Crippen molar-refractivity contribution in [1.29, 1.82) is 0 Å². The molecule has 0 bridgehead atoms. The molecule has 1 aromatic heterocycles. The quantitative estimate of drug-likeness (QED) is 0.650. The number of rotatable bonds is 6. The third kappa shape index (κ3) is 4.27. The van der Waals surface area contributed by atoms with Gasteiger partial charge in [0.05, 0.1) is 24.2 Å². The Morgan fingerprint density at radius 2 is 1.93 bits per heavy atom. The Morgan fingerprint density at radius 3 is 2.66 bits per heavy atom. The van der Waals surface area contributed by atoms with Crippen molar-refractivity contribution in [3.8, 4) is 0 Å². The van der Waals surface area contributed by atoms with Crippen LogP contribution < -0.4 is 9.62 Å². The number of furan rings is 1. The Morgan fingerprint density at radius 1 is 1.14 bits per heavy atom. The highest BCUT2D eigenvalue weighted by Crippen LogP contribution is 2.18. The smallest absolute Gasteiger partial charge is 0.241 e. The number of fused-ring (bicyclic) bond motifs is 1. The molecule has 2 heterocycles. The van der Waals surface area contributed by atoms with Crippen LogP contribution in [-0.4, -0.2) is 21.5 Å². The molecule has 3 aromatic rings. The van der Waals surface area contributed by atoms with Gasteiger partial charge in [0.2, 0.25) is 10.0 Å². The summed E-state index contributed by atoms with van der Waals surface area (Å²) in [6.45, 7) is 3.48. The molecule has 29 heavy (non-hydrogen) atoms. The second-order valence-electron chi connectivity index (χ2n) is 7.43. The van der Waals surface area contributed by atoms with Gasteiger partial charge in [0.15, 0.2) is 11.8 Å². The van der Waals surface area contributed by atoms with Gasteiger partial charge in [-0.25, -0.2) is 17.5 Å². The molecule has 0 spiro atoms. The van der Waals surface area contributed by atoms with E-state index < -0.39 is 15.8 Å². The minimum atomic E-state index is -3.76. The van der Waals surface area contributed by atoms with E-state index in [2.05, 4.69) is 16.9 Å². The van der Waals surface area contributed by atoms with Gasteiger partial charge >= 0.3 is 0 Å². The fourth-order valence-electron chi connectivity index (χ4n) is 4.02. The topological polar surface area (TPSA) is 63.8 Å². The SMILES string of the molecule is Cc1cc(F)ccc1S(=O)(=O)NC[C@H](c1ccco1)[NH+]1CCc2ccccc2C1. The van der Waals surface area contributed by atoms with E-state index in [4.69, 9.17) is 4.42 Å². The van der Waals surface area contributed by atoms with Crippen molar-refractivity contribution >= 4 is 10.0 Å². The molecule has 0 radical (unpaired) electrons. The number of halogens is 1. The fraction of sp³-hybridized carbons (Fsp3) is 0.273. The number of hydrogen-bond donors (Lipinski definition) is 2. The molecule has 1 unspecified atom stereocenters. The van der Waals surface area contributed by atoms with Gasteiger partial charge in [-0.1, -0.05) is 24.3 Å². The van der Waals surface area contributed by atoms with Gasteiger partial charge in [-0.2, -0.15) is 0 Å². The highest BCUT2D eigenvalue weighted by Gasteiger charge is 2.32. The molecule has 1 aliphatic heterocycles. The Bertz CT molecular complexity index is 1100. The van der Waals surface area contributed by atoms with E-state index in [1.54, 1.807) is 13.2 Å². The Hall–Kier alpha value is -2.48. The van der Waals surface area contributed by atoms with E-state index >= 15 is 0 Å². The first-order chi connectivity index (χ1) is 13.9. The molecule has 0 saturated heterocycles. The summed E-state index contributed by atoms with van der Waals surface area (Å²) in [5.74, 6) is 0.296. The summed E-state index contributed by atoms with van der Waals surface area (Å²) in [4.78, 5) is 1.34. The largest absolute Gasteiger partial charge is 0.463 e. The number of sulfonamides is 1. The van der Waals surface area contributed by atoms with Crippen LogP contribution in [0.5, 0.6) is 0 Å². The third-order valence-corrected chi connectivity index (χ3v) is 7.12. The van der Waals surface area contributed by atoms with Crippen LogP contribution >= 0.6 is 0 Å². The molecule has 2 aromatic carbocycles. The van der Waals surface area contributed by atoms with Crippen LogP contribution in [-0.2, 0) is 23.0 Å². The third-order valence-electron chi connectivity index (χ3n) is 5.53. The summed E-state index contributed by atoms with van der Waals surface area (Å²) in [5, 5.41) is 0. The van der Waals surface area contributed by atoms with Crippen LogP contribution in [0.4, 0.5) is 4.39 Å². The predicted octanol–water partition coefficient (Wildman–Crippen LogP) is 2.39. The van der Waals surface area contributed by atoms with Crippen molar-refractivity contribution in [2.45, 2.75) is 30.8 Å². The second kappa shape index (κ2) is 8.10. The van der Waals surface area contributed by atoms with Gasteiger partial charge < -0.3 is 9.32 Å². The molecule has 0 fully saturated rings. The fourth-order valence-corrected chi connectivity index (χ4v) is 5.29. The molecule has 0 saturated carbocycles. The monoisotopic (exact) mass is 415 g/mol. The minimum absolute atomic E-state index is 0.0936. The molecule has 0 amide bonds. The summed E-state index contributed by atoms with van der Waals surface area (Å²) in [5.41, 5.74) is 3.01. The molecule has 7 heteroatoms. The average Bonchev–Trinajstić information content (AvgIpc) is 3.22. The molecular formula is C22H24FN2O3S+. The maximum atomic E-state index is 13.4. The van der Waals surface area contributed by atoms with Gasteiger partial charge in [0.1, 0.15) is 12.4 Å². The lowest BCUT2D eigenvalue weighted by molar-refractivity contribution is -0.946. The summed E-state index contributed by atoms with van der Waals surface area (Å²) >= 11 is 0. The first kappa shape index (κ1) is 19.8. The summed E-state index contributed by atoms with van der Waals surface area (Å²) in [6, 6.07) is 15.6. The standard InChI is InChI=1S/C22H23FN2O3S/c1-16-13-19(23)8-9-22(16)29(26,27)24-14-20(21-7-4-12-28-21)25-11-10-17-5-2-3-6-18(17)15-25/h2-9,12-13,20,24H,10-11,14-15H2,1H3/p+1/t20-/m1/s1. The first-order valence-corrected chi connectivity index (χ1v) is 11.1. The lowest BCUT2D eigenvalue weighted by Crippen LogP contribution is -3.12. The van der Waals surface area contributed by atoms with Gasteiger partial charge in [-0.3, -0.25) is 0 Å². The summed E-state index contributed by atoms with van der Waals surface area (Å²) < 4.78 is 47.4. The zero-order chi connectivity index (χ0) is 20.4. The van der Waals surface area contributed by atoms with Crippen LogP contribution in [0.25, 0.3) is 0 Å². The van der Waals surface area contributed by atoms with E-state index in [0.717, 1.165) is 25.3 Å². The second-order valence-corrected chi connectivity index (χ2v) is 9.17. The van der Waals surface area contributed by atoms with Crippen molar-refractivity contribution < 1.29 is 22.1 Å². The number of hydrogen-bond acceptors (Lipinski definition) is 3. The van der Waals surface area contributed by atoms with E-state index in [1.165, 1.54) is 34.2 Å². The van der Waals surface area contributed by atoms with Crippen LogP contribution in [0.1, 0.15) is 28.5 Å². The molecule has 1 aliphatic rings. The number of benzene rings is 2. The van der Waals surface area contributed by atoms with Gasteiger partial charge in [-0.15, -0.1) is 0 Å². The van der Waals surface area contributed by atoms with Crippen molar-refractivity contribution in [3.05, 3.63) is 89.1 Å². The van der Waals surface area contributed by atoms with Crippen molar-refractivity contribution in [2.75, 3.05) is 13.1 Å². The number of aryl methyl sites for hydroxylation is 1. The average molecular weight is 416 g/mol. The highest BCUT2D eigenvalue weighted by atomic mass is 32.2. The van der Waals surface area contributed by atoms with E-state index in [9.17, 15) is 12.8 Å².